The molecule has 0 saturated carbocycles. The summed E-state index contributed by atoms with van der Waals surface area (Å²) in [7, 11) is 0. The number of nitrogens with zero attached hydrogens (tertiary/aromatic N) is 3. The van der Waals surface area contributed by atoms with Crippen molar-refractivity contribution in [2.45, 2.75) is 64.2 Å². The highest BCUT2D eigenvalue weighted by Gasteiger charge is 2.43. The number of likely N-dealkylation sites (tertiary alicyclic amines) is 1. The second kappa shape index (κ2) is 9.10. The minimum Gasteiger partial charge on any atom is -0.444 e. The molecule has 2 heterocycles. The summed E-state index contributed by atoms with van der Waals surface area (Å²) in [6.45, 7) is 10.9. The molecule has 3 amide bonds. The van der Waals surface area contributed by atoms with Crippen molar-refractivity contribution in [3.8, 4) is 0 Å². The van der Waals surface area contributed by atoms with Crippen LogP contribution in [0.3, 0.4) is 0 Å². The maximum Gasteiger partial charge on any atom is 0.411 e. The molecule has 0 aromatic heterocycles. The van der Waals surface area contributed by atoms with Crippen LogP contribution < -0.4 is 0 Å². The van der Waals surface area contributed by atoms with Gasteiger partial charge >= 0.3 is 6.09 Å². The number of benzene rings is 1. The Kier molecular flexibility index (Phi) is 6.83. The van der Waals surface area contributed by atoms with Crippen molar-refractivity contribution in [3.05, 3.63) is 35.9 Å². The standard InChI is InChI=1S/C24H35N3O5/c1-23(2,3)32-22(31)27-16-18(28)15-19(27)20(29)25-11-13-26(14-12-25)21(30)24(4,5)17-9-7-6-8-10-17/h6-10,18-19,28H,11-16H2,1-5H3/t18-,19+/m0/s1. The summed E-state index contributed by atoms with van der Waals surface area (Å²) in [5, 5.41) is 10.1. The third-order valence-corrected chi connectivity index (χ3v) is 6.10. The normalized spacial score (nSPS) is 22.1. The predicted octanol–water partition coefficient (Wildman–Crippen LogP) is 2.01. The molecular formula is C24H35N3O5. The molecule has 8 nitrogen and oxygen atoms in total. The van der Waals surface area contributed by atoms with Crippen molar-refractivity contribution in [1.29, 1.82) is 0 Å². The summed E-state index contributed by atoms with van der Waals surface area (Å²) >= 11 is 0. The van der Waals surface area contributed by atoms with Crippen LogP contribution in [0.25, 0.3) is 0 Å². The first-order chi connectivity index (χ1) is 14.9. The van der Waals surface area contributed by atoms with E-state index in [1.807, 2.05) is 44.2 Å². The Morgan fingerprint density at radius 3 is 2.06 bits per heavy atom. The monoisotopic (exact) mass is 445 g/mol. The number of β-amino-alcohol motifs (C(OH)–C–C–N with tert-alkyl or cyclic N) is 1. The molecule has 2 aliphatic rings. The van der Waals surface area contributed by atoms with E-state index in [2.05, 4.69) is 0 Å². The minimum atomic E-state index is -0.758. The summed E-state index contributed by atoms with van der Waals surface area (Å²) in [4.78, 5) is 43.7. The lowest BCUT2D eigenvalue weighted by Crippen LogP contribution is -2.57. The van der Waals surface area contributed by atoms with E-state index >= 15 is 0 Å². The molecule has 2 aliphatic heterocycles. The van der Waals surface area contributed by atoms with E-state index < -0.39 is 29.3 Å². The molecule has 1 aromatic rings. The number of hydrogen-bond acceptors (Lipinski definition) is 5. The SMILES string of the molecule is CC(C)(C)OC(=O)N1C[C@@H](O)C[C@@H]1C(=O)N1CCN(C(=O)C(C)(C)c2ccccc2)CC1. The van der Waals surface area contributed by atoms with Gasteiger partial charge in [0.05, 0.1) is 18.1 Å². The Bertz CT molecular complexity index is 841. The molecule has 0 aliphatic carbocycles. The lowest BCUT2D eigenvalue weighted by atomic mass is 9.83. The van der Waals surface area contributed by atoms with Crippen LogP contribution in [0.5, 0.6) is 0 Å². The zero-order chi connectivity index (χ0) is 23.7. The number of aliphatic hydroxyl groups is 1. The molecule has 0 radical (unpaired) electrons. The Morgan fingerprint density at radius 2 is 1.50 bits per heavy atom. The molecule has 1 aromatic carbocycles. The minimum absolute atomic E-state index is 0.0301. The number of hydrogen-bond donors (Lipinski definition) is 1. The topological polar surface area (TPSA) is 90.4 Å². The highest BCUT2D eigenvalue weighted by molar-refractivity contribution is 5.89. The summed E-state index contributed by atoms with van der Waals surface area (Å²) in [5.41, 5.74) is -0.386. The molecule has 0 bridgehead atoms. The van der Waals surface area contributed by atoms with Gasteiger partial charge in [0.25, 0.3) is 0 Å². The molecule has 1 N–H and O–H groups in total. The van der Waals surface area contributed by atoms with Gasteiger partial charge in [0.2, 0.25) is 11.8 Å². The molecule has 2 saturated heterocycles. The van der Waals surface area contributed by atoms with Gasteiger partial charge in [-0.05, 0) is 40.2 Å². The van der Waals surface area contributed by atoms with Gasteiger partial charge in [-0.2, -0.15) is 0 Å². The highest BCUT2D eigenvalue weighted by atomic mass is 16.6. The fraction of sp³-hybridized carbons (Fsp3) is 0.625. The van der Waals surface area contributed by atoms with Crippen molar-refractivity contribution in [1.82, 2.24) is 14.7 Å². The van der Waals surface area contributed by atoms with Gasteiger partial charge in [-0.25, -0.2) is 4.79 Å². The number of rotatable bonds is 3. The summed E-state index contributed by atoms with van der Waals surface area (Å²) in [5.74, 6) is -0.177. The second-order valence-electron chi connectivity index (χ2n) is 10.1. The zero-order valence-electron chi connectivity index (χ0n) is 19.7. The summed E-state index contributed by atoms with van der Waals surface area (Å²) < 4.78 is 5.42. The average molecular weight is 446 g/mol. The number of aliphatic hydroxyl groups excluding tert-OH is 1. The molecule has 2 fully saturated rings. The lowest BCUT2D eigenvalue weighted by molar-refractivity contribution is -0.144. The third-order valence-electron chi connectivity index (χ3n) is 6.10. The smallest absolute Gasteiger partial charge is 0.411 e. The van der Waals surface area contributed by atoms with Gasteiger partial charge in [0, 0.05) is 32.6 Å². The number of carbonyl (C=O) groups is 3. The van der Waals surface area contributed by atoms with E-state index in [4.69, 9.17) is 4.74 Å². The molecular weight excluding hydrogens is 410 g/mol. The van der Waals surface area contributed by atoms with Crippen LogP contribution in [0, 0.1) is 0 Å². The van der Waals surface area contributed by atoms with E-state index in [0.29, 0.717) is 26.2 Å². The van der Waals surface area contributed by atoms with Gasteiger partial charge in [-0.15, -0.1) is 0 Å². The Morgan fingerprint density at radius 1 is 0.938 bits per heavy atom. The van der Waals surface area contributed by atoms with E-state index in [-0.39, 0.29) is 24.8 Å². The van der Waals surface area contributed by atoms with Gasteiger partial charge in [-0.1, -0.05) is 30.3 Å². The van der Waals surface area contributed by atoms with Crippen molar-refractivity contribution < 1.29 is 24.2 Å². The van der Waals surface area contributed by atoms with Gasteiger partial charge < -0.3 is 19.6 Å². The van der Waals surface area contributed by atoms with Crippen LogP contribution in [-0.4, -0.2) is 88.2 Å². The van der Waals surface area contributed by atoms with E-state index in [0.717, 1.165) is 5.56 Å². The Labute approximate surface area is 190 Å². The fourth-order valence-corrected chi connectivity index (χ4v) is 4.28. The summed E-state index contributed by atoms with van der Waals surface area (Å²) in [6.07, 6.45) is -1.16. The first-order valence-electron chi connectivity index (χ1n) is 11.2. The number of carbonyl (C=O) groups excluding carboxylic acids is 3. The molecule has 176 valence electrons. The molecule has 32 heavy (non-hydrogen) atoms. The summed E-state index contributed by atoms with van der Waals surface area (Å²) in [6, 6.07) is 8.93. The van der Waals surface area contributed by atoms with Crippen LogP contribution in [-0.2, 0) is 19.7 Å². The number of amides is 3. The van der Waals surface area contributed by atoms with Crippen molar-refractivity contribution in [2.24, 2.45) is 0 Å². The van der Waals surface area contributed by atoms with Crippen LogP contribution in [0.2, 0.25) is 0 Å². The van der Waals surface area contributed by atoms with Crippen LogP contribution in [0.1, 0.15) is 46.6 Å². The first-order valence-corrected chi connectivity index (χ1v) is 11.2. The van der Waals surface area contributed by atoms with Gasteiger partial charge in [0.1, 0.15) is 11.6 Å². The fourth-order valence-electron chi connectivity index (χ4n) is 4.28. The van der Waals surface area contributed by atoms with Crippen molar-refractivity contribution in [3.63, 3.8) is 0 Å². The predicted molar refractivity (Wildman–Crippen MR) is 120 cm³/mol. The lowest BCUT2D eigenvalue weighted by Gasteiger charge is -2.40. The first kappa shape index (κ1) is 24.0. The van der Waals surface area contributed by atoms with Gasteiger partial charge in [0.15, 0.2) is 0 Å². The van der Waals surface area contributed by atoms with E-state index in [1.165, 1.54) is 4.90 Å². The van der Waals surface area contributed by atoms with Crippen LogP contribution in [0.4, 0.5) is 4.79 Å². The quantitative estimate of drug-likeness (QED) is 0.769. The third kappa shape index (κ3) is 5.23. The molecule has 0 unspecified atom stereocenters. The largest absolute Gasteiger partial charge is 0.444 e. The molecule has 3 rings (SSSR count). The highest BCUT2D eigenvalue weighted by Crippen LogP contribution is 2.27. The van der Waals surface area contributed by atoms with Crippen molar-refractivity contribution >= 4 is 17.9 Å². The van der Waals surface area contributed by atoms with Crippen LogP contribution in [0.15, 0.2) is 30.3 Å². The molecule has 8 heteroatoms. The molecule has 0 spiro atoms. The van der Waals surface area contributed by atoms with Crippen LogP contribution >= 0.6 is 0 Å². The Balaban J connectivity index is 1.62. The van der Waals surface area contributed by atoms with E-state index in [9.17, 15) is 19.5 Å². The van der Waals surface area contributed by atoms with Crippen molar-refractivity contribution in [2.75, 3.05) is 32.7 Å². The maximum absolute atomic E-state index is 13.2. The maximum atomic E-state index is 13.2. The zero-order valence-corrected chi connectivity index (χ0v) is 19.7. The average Bonchev–Trinajstić information content (AvgIpc) is 3.14. The molecule has 2 atom stereocenters. The number of piperazine rings is 1. The Hall–Kier alpha value is -2.61. The van der Waals surface area contributed by atoms with E-state index in [1.54, 1.807) is 30.6 Å². The number of ether oxygens (including phenoxy) is 1. The second-order valence-corrected chi connectivity index (χ2v) is 10.1. The van der Waals surface area contributed by atoms with Gasteiger partial charge in [-0.3, -0.25) is 14.5 Å².